The third-order valence-corrected chi connectivity index (χ3v) is 5.87. The number of aliphatic hydroxyl groups is 1. The van der Waals surface area contributed by atoms with Gasteiger partial charge in [0, 0.05) is 13.7 Å². The van der Waals surface area contributed by atoms with Gasteiger partial charge in [0.1, 0.15) is 6.04 Å². The molecule has 1 unspecified atom stereocenters. The Balaban J connectivity index is 4.20. The van der Waals surface area contributed by atoms with Crippen LogP contribution in [0.4, 0.5) is 0 Å². The Morgan fingerprint density at radius 1 is 1.00 bits per heavy atom. The fourth-order valence-electron chi connectivity index (χ4n) is 3.07. The molecule has 0 aliphatic carbocycles. The first-order valence-electron chi connectivity index (χ1n) is 9.97. The minimum atomic E-state index is -4.82. The van der Waals surface area contributed by atoms with E-state index in [1.54, 1.807) is 0 Å². The zero-order chi connectivity index (χ0) is 20.7. The number of aliphatic carboxylic acids is 1. The third-order valence-electron chi connectivity index (χ3n) is 4.76. The van der Waals surface area contributed by atoms with Gasteiger partial charge in [-0.3, -0.25) is 4.79 Å². The van der Waals surface area contributed by atoms with Crippen molar-refractivity contribution in [1.29, 1.82) is 0 Å². The van der Waals surface area contributed by atoms with E-state index in [1.807, 2.05) is 0 Å². The van der Waals surface area contributed by atoms with E-state index in [9.17, 15) is 24.3 Å². The molecule has 0 aliphatic rings. The summed E-state index contributed by atoms with van der Waals surface area (Å²) < 4.78 is 17.4. The van der Waals surface area contributed by atoms with Crippen molar-refractivity contribution in [2.75, 3.05) is 20.3 Å². The molecule has 0 bridgehead atoms. The molecule has 0 rings (SSSR count). The van der Waals surface area contributed by atoms with E-state index < -0.39 is 32.5 Å². The smallest absolute Gasteiger partial charge is 0.403 e. The van der Waals surface area contributed by atoms with Crippen molar-refractivity contribution in [1.82, 2.24) is 4.67 Å². The van der Waals surface area contributed by atoms with Crippen molar-refractivity contribution in [3.8, 4) is 0 Å². The Morgan fingerprint density at radius 2 is 1.48 bits per heavy atom. The van der Waals surface area contributed by atoms with E-state index in [-0.39, 0.29) is 6.54 Å². The fourth-order valence-corrected chi connectivity index (χ4v) is 4.00. The highest BCUT2D eigenvalue weighted by Gasteiger charge is 2.38. The predicted octanol–water partition coefficient (Wildman–Crippen LogP) is 3.15. The number of unbranched alkanes of at least 4 members (excludes halogenated alkanes) is 9. The second-order valence-electron chi connectivity index (χ2n) is 7.00. The van der Waals surface area contributed by atoms with E-state index in [2.05, 4.69) is 6.92 Å². The third kappa shape index (κ3) is 12.5. The lowest BCUT2D eigenvalue weighted by atomic mass is 10.0. The molecule has 0 saturated heterocycles. The lowest BCUT2D eigenvalue weighted by Crippen LogP contribution is -2.45. The highest BCUT2D eigenvalue weighted by atomic mass is 31.2. The molecule has 0 aromatic heterocycles. The maximum Gasteiger partial charge on any atom is 0.403 e. The topological polar surface area (TPSA) is 128 Å². The monoisotopic (exact) mass is 411 g/mol. The number of rotatable bonds is 18. The molecule has 4 N–H and O–H groups in total. The SMILES string of the molecule is CCCCCCCCCCCCC(CN([C@@H](CO)C(=O)O)P(=O)(O)O)OC. The number of methoxy groups -OCH3 is 1. The standard InChI is InChI=1S/C18H38NO7P/c1-3-4-5-6-7-8-9-10-11-12-13-16(26-2)14-19(27(23,24)25)17(15-20)18(21)22/h16-17,20H,3-15H2,1-2H3,(H,21,22)(H2,23,24,25)/t16?,17-/m0/s1. The van der Waals surface area contributed by atoms with Crippen molar-refractivity contribution >= 4 is 13.7 Å². The molecular formula is C18H38NO7P. The van der Waals surface area contributed by atoms with Gasteiger partial charge in [-0.1, -0.05) is 71.1 Å². The van der Waals surface area contributed by atoms with Crippen molar-refractivity contribution in [3.63, 3.8) is 0 Å². The van der Waals surface area contributed by atoms with Crippen LogP contribution in [-0.4, -0.2) is 63.0 Å². The van der Waals surface area contributed by atoms with Crippen LogP contribution in [0.25, 0.3) is 0 Å². The lowest BCUT2D eigenvalue weighted by Gasteiger charge is -2.30. The van der Waals surface area contributed by atoms with E-state index >= 15 is 0 Å². The van der Waals surface area contributed by atoms with Crippen LogP contribution in [0.2, 0.25) is 0 Å². The maximum atomic E-state index is 11.6. The number of ether oxygens (including phenoxy) is 1. The summed E-state index contributed by atoms with van der Waals surface area (Å²) in [5.74, 6) is -1.48. The van der Waals surface area contributed by atoms with Crippen molar-refractivity contribution in [2.24, 2.45) is 0 Å². The lowest BCUT2D eigenvalue weighted by molar-refractivity contribution is -0.143. The van der Waals surface area contributed by atoms with Crippen molar-refractivity contribution in [3.05, 3.63) is 0 Å². The van der Waals surface area contributed by atoms with Crippen LogP contribution in [0, 0.1) is 0 Å². The molecule has 8 nitrogen and oxygen atoms in total. The summed E-state index contributed by atoms with van der Waals surface area (Å²) in [4.78, 5) is 30.0. The number of hydrogen-bond acceptors (Lipinski definition) is 4. The summed E-state index contributed by atoms with van der Waals surface area (Å²) in [5, 5.41) is 18.2. The molecule has 0 saturated carbocycles. The summed E-state index contributed by atoms with van der Waals surface area (Å²) in [6.07, 6.45) is 11.9. The molecule has 0 heterocycles. The van der Waals surface area contributed by atoms with Gasteiger partial charge in [0.2, 0.25) is 0 Å². The Labute approximate surface area is 163 Å². The van der Waals surface area contributed by atoms with Gasteiger partial charge in [0.25, 0.3) is 0 Å². The first-order chi connectivity index (χ1) is 12.8. The Bertz CT molecular complexity index is 430. The van der Waals surface area contributed by atoms with Gasteiger partial charge in [-0.05, 0) is 6.42 Å². The van der Waals surface area contributed by atoms with Gasteiger partial charge in [-0.25, -0.2) is 4.57 Å². The van der Waals surface area contributed by atoms with Gasteiger partial charge < -0.3 is 24.7 Å². The minimum absolute atomic E-state index is 0.240. The normalized spacial score (nSPS) is 14.4. The second kappa shape index (κ2) is 15.4. The highest BCUT2D eigenvalue weighted by Crippen LogP contribution is 2.42. The first-order valence-corrected chi connectivity index (χ1v) is 11.5. The highest BCUT2D eigenvalue weighted by molar-refractivity contribution is 7.49. The van der Waals surface area contributed by atoms with Crippen molar-refractivity contribution < 1.29 is 34.1 Å². The number of carbonyl (C=O) groups is 1. The molecule has 9 heteroatoms. The zero-order valence-electron chi connectivity index (χ0n) is 16.8. The van der Waals surface area contributed by atoms with Crippen molar-refractivity contribution in [2.45, 2.75) is 89.7 Å². The van der Waals surface area contributed by atoms with Crippen LogP contribution in [0.5, 0.6) is 0 Å². The molecule has 0 aromatic rings. The van der Waals surface area contributed by atoms with E-state index in [4.69, 9.17) is 9.84 Å². The first kappa shape index (κ1) is 26.5. The largest absolute Gasteiger partial charge is 0.480 e. The Morgan fingerprint density at radius 3 is 1.85 bits per heavy atom. The summed E-state index contributed by atoms with van der Waals surface area (Å²) in [6, 6.07) is -1.66. The summed E-state index contributed by atoms with van der Waals surface area (Å²) in [6.45, 7) is 1.09. The molecule has 2 atom stereocenters. The van der Waals surface area contributed by atoms with Crippen LogP contribution in [0.15, 0.2) is 0 Å². The molecule has 162 valence electrons. The van der Waals surface area contributed by atoms with E-state index in [0.29, 0.717) is 11.1 Å². The molecule has 0 aliphatic heterocycles. The summed E-state index contributed by atoms with van der Waals surface area (Å²) in [5.41, 5.74) is 0. The average molecular weight is 411 g/mol. The molecule has 0 radical (unpaired) electrons. The minimum Gasteiger partial charge on any atom is -0.480 e. The number of hydrogen-bond donors (Lipinski definition) is 4. The summed E-state index contributed by atoms with van der Waals surface area (Å²) in [7, 11) is -3.38. The number of carboxylic acids is 1. The van der Waals surface area contributed by atoms with Gasteiger partial charge >= 0.3 is 13.7 Å². The predicted molar refractivity (Wildman–Crippen MR) is 105 cm³/mol. The van der Waals surface area contributed by atoms with Gasteiger partial charge in [0.15, 0.2) is 0 Å². The second-order valence-corrected chi connectivity index (χ2v) is 8.54. The average Bonchev–Trinajstić information content (AvgIpc) is 2.60. The van der Waals surface area contributed by atoms with Crippen LogP contribution in [0.1, 0.15) is 77.6 Å². The molecule has 0 aromatic carbocycles. The van der Waals surface area contributed by atoms with Crippen LogP contribution >= 0.6 is 7.75 Å². The molecular weight excluding hydrogens is 373 g/mol. The van der Waals surface area contributed by atoms with E-state index in [0.717, 1.165) is 19.3 Å². The molecule has 27 heavy (non-hydrogen) atoms. The number of carboxylic acid groups (broad SMARTS) is 1. The van der Waals surface area contributed by atoms with Gasteiger partial charge in [-0.15, -0.1) is 0 Å². The number of nitrogens with zero attached hydrogens (tertiary/aromatic N) is 1. The molecule has 0 fully saturated rings. The molecule has 0 amide bonds. The van der Waals surface area contributed by atoms with Crippen LogP contribution < -0.4 is 0 Å². The number of aliphatic hydroxyl groups excluding tert-OH is 1. The summed E-state index contributed by atoms with van der Waals surface area (Å²) >= 11 is 0. The van der Waals surface area contributed by atoms with E-state index in [1.165, 1.54) is 52.1 Å². The van der Waals surface area contributed by atoms with Crippen LogP contribution in [-0.2, 0) is 14.1 Å². The quantitative estimate of drug-likeness (QED) is 0.200. The Hall–Kier alpha value is -0.500. The Kier molecular flexibility index (Phi) is 15.1. The fraction of sp³-hybridized carbons (Fsp3) is 0.944. The van der Waals surface area contributed by atoms with Crippen LogP contribution in [0.3, 0.4) is 0 Å². The zero-order valence-corrected chi connectivity index (χ0v) is 17.6. The maximum absolute atomic E-state index is 11.6. The molecule has 0 spiro atoms. The van der Waals surface area contributed by atoms with Gasteiger partial charge in [-0.2, -0.15) is 4.67 Å². The van der Waals surface area contributed by atoms with Gasteiger partial charge in [0.05, 0.1) is 12.7 Å².